The van der Waals surface area contributed by atoms with Gasteiger partial charge in [0.15, 0.2) is 0 Å². The van der Waals surface area contributed by atoms with E-state index in [9.17, 15) is 4.21 Å². The van der Waals surface area contributed by atoms with E-state index in [0.717, 1.165) is 6.42 Å². The molecule has 80 valence electrons. The highest BCUT2D eigenvalue weighted by Gasteiger charge is 1.97. The normalized spacial score (nSPS) is 13.1. The molecule has 4 nitrogen and oxygen atoms in total. The molecule has 1 unspecified atom stereocenters. The van der Waals surface area contributed by atoms with Gasteiger partial charge in [-0.25, -0.2) is 0 Å². The monoisotopic (exact) mass is 209 g/mol. The first-order valence-electron chi connectivity index (χ1n) is 4.43. The van der Waals surface area contributed by atoms with Gasteiger partial charge in [0.05, 0.1) is 6.61 Å². The van der Waals surface area contributed by atoms with Crippen LogP contribution in [-0.4, -0.2) is 49.2 Å². The Morgan fingerprint density at radius 3 is 2.62 bits per heavy atom. The van der Waals surface area contributed by atoms with Crippen LogP contribution in [0.3, 0.4) is 0 Å². The third-order valence-corrected chi connectivity index (χ3v) is 2.75. The summed E-state index contributed by atoms with van der Waals surface area (Å²) < 4.78 is 21.1. The molecule has 0 amide bonds. The van der Waals surface area contributed by atoms with E-state index in [-0.39, 0.29) is 0 Å². The molecule has 0 radical (unpaired) electrons. The van der Waals surface area contributed by atoms with Crippen molar-refractivity contribution in [1.29, 1.82) is 0 Å². The Balaban J connectivity index is 3.02. The van der Waals surface area contributed by atoms with Crippen LogP contribution in [0.25, 0.3) is 0 Å². The molecule has 0 spiro atoms. The average Bonchev–Trinajstić information content (AvgIpc) is 2.11. The second kappa shape index (κ2) is 10.1. The van der Waals surface area contributed by atoms with Gasteiger partial charge in [-0.05, 0) is 6.42 Å². The van der Waals surface area contributed by atoms with E-state index in [1.165, 1.54) is 0 Å². The molecule has 5 heteroatoms. The predicted octanol–water partition coefficient (Wildman–Crippen LogP) is -0.253. The molecule has 1 atom stereocenters. The smallest absolute Gasteiger partial charge is 0.0581 e. The Morgan fingerprint density at radius 2 is 2.00 bits per heavy atom. The molecule has 0 heterocycles. The van der Waals surface area contributed by atoms with Gasteiger partial charge in [0.1, 0.15) is 0 Å². The van der Waals surface area contributed by atoms with Crippen LogP contribution in [0.15, 0.2) is 0 Å². The molecule has 0 aliphatic carbocycles. The molecule has 0 fully saturated rings. The van der Waals surface area contributed by atoms with Crippen molar-refractivity contribution in [3.63, 3.8) is 0 Å². The van der Waals surface area contributed by atoms with E-state index in [1.807, 2.05) is 0 Å². The summed E-state index contributed by atoms with van der Waals surface area (Å²) in [6.07, 6.45) is 0.889. The van der Waals surface area contributed by atoms with Gasteiger partial charge >= 0.3 is 0 Å². The minimum absolute atomic E-state index is 0.482. The summed E-state index contributed by atoms with van der Waals surface area (Å²) in [5, 5.41) is 0. The molecule has 0 aromatic rings. The van der Waals surface area contributed by atoms with Crippen molar-refractivity contribution in [2.45, 2.75) is 6.42 Å². The minimum atomic E-state index is -0.809. The zero-order valence-electron chi connectivity index (χ0n) is 8.16. The number of rotatable bonds is 9. The first-order valence-corrected chi connectivity index (χ1v) is 5.91. The van der Waals surface area contributed by atoms with E-state index in [4.69, 9.17) is 15.2 Å². The summed E-state index contributed by atoms with van der Waals surface area (Å²) in [5.74, 6) is 1.16. The Morgan fingerprint density at radius 1 is 1.23 bits per heavy atom. The van der Waals surface area contributed by atoms with Crippen LogP contribution in [0.2, 0.25) is 0 Å². The quantitative estimate of drug-likeness (QED) is 0.532. The average molecular weight is 209 g/mol. The van der Waals surface area contributed by atoms with Gasteiger partial charge in [0, 0.05) is 49.2 Å². The molecule has 0 aromatic heterocycles. The Kier molecular flexibility index (Phi) is 10.1. The zero-order valence-corrected chi connectivity index (χ0v) is 8.98. The number of hydrogen-bond donors (Lipinski definition) is 1. The van der Waals surface area contributed by atoms with Crippen LogP contribution < -0.4 is 5.73 Å². The third-order valence-electron chi connectivity index (χ3n) is 1.44. The lowest BCUT2D eigenvalue weighted by Gasteiger charge is -2.03. The Bertz CT molecular complexity index is 133. The standard InChI is InChI=1S/C8H19NO3S/c1-11-4-2-5-12-6-8-13(10)7-3-9/h2-9H2,1H3. The lowest BCUT2D eigenvalue weighted by Crippen LogP contribution is -2.15. The fraction of sp³-hybridized carbons (Fsp3) is 1.00. The molecular weight excluding hydrogens is 190 g/mol. The highest BCUT2D eigenvalue weighted by molar-refractivity contribution is 7.85. The lowest BCUT2D eigenvalue weighted by molar-refractivity contribution is 0.112. The maximum atomic E-state index is 11.1. The molecule has 0 aromatic carbocycles. The summed E-state index contributed by atoms with van der Waals surface area (Å²) >= 11 is 0. The number of nitrogens with two attached hydrogens (primary N) is 1. The second-order valence-corrected chi connectivity index (χ2v) is 4.29. The van der Waals surface area contributed by atoms with Gasteiger partial charge < -0.3 is 15.2 Å². The van der Waals surface area contributed by atoms with Gasteiger partial charge in [-0.15, -0.1) is 0 Å². The molecule has 0 saturated carbocycles. The van der Waals surface area contributed by atoms with Crippen molar-refractivity contribution < 1.29 is 13.7 Å². The van der Waals surface area contributed by atoms with Crippen molar-refractivity contribution in [3.8, 4) is 0 Å². The highest BCUT2D eigenvalue weighted by Crippen LogP contribution is 1.86. The van der Waals surface area contributed by atoms with Crippen LogP contribution in [-0.2, 0) is 20.3 Å². The molecule has 13 heavy (non-hydrogen) atoms. The SMILES string of the molecule is COCCCOCCS(=O)CCN. The molecule has 0 bridgehead atoms. The molecule has 0 rings (SSSR count). The summed E-state index contributed by atoms with van der Waals surface area (Å²) in [6.45, 7) is 2.42. The Hall–Kier alpha value is 0.0300. The maximum Gasteiger partial charge on any atom is 0.0581 e. The molecular formula is C8H19NO3S. The number of ether oxygens (including phenoxy) is 2. The molecule has 0 aliphatic heterocycles. The first-order chi connectivity index (χ1) is 6.31. The molecule has 2 N–H and O–H groups in total. The van der Waals surface area contributed by atoms with E-state index in [0.29, 0.717) is 37.9 Å². The van der Waals surface area contributed by atoms with Crippen molar-refractivity contribution in [2.24, 2.45) is 5.73 Å². The minimum Gasteiger partial charge on any atom is -0.385 e. The fourth-order valence-corrected chi connectivity index (χ4v) is 1.56. The third kappa shape index (κ3) is 9.95. The van der Waals surface area contributed by atoms with Gasteiger partial charge in [0.25, 0.3) is 0 Å². The Labute approximate surface area is 82.2 Å². The largest absolute Gasteiger partial charge is 0.385 e. The first kappa shape index (κ1) is 13.0. The van der Waals surface area contributed by atoms with Gasteiger partial charge in [0.2, 0.25) is 0 Å². The molecule has 0 aliphatic rings. The number of methoxy groups -OCH3 is 1. The summed E-state index contributed by atoms with van der Waals surface area (Å²) in [7, 11) is 0.855. The summed E-state index contributed by atoms with van der Waals surface area (Å²) in [4.78, 5) is 0. The molecule has 0 saturated heterocycles. The van der Waals surface area contributed by atoms with Crippen LogP contribution in [0.5, 0.6) is 0 Å². The van der Waals surface area contributed by atoms with Crippen molar-refractivity contribution in [1.82, 2.24) is 0 Å². The van der Waals surface area contributed by atoms with Crippen molar-refractivity contribution >= 4 is 10.8 Å². The predicted molar refractivity (Wildman–Crippen MR) is 54.2 cm³/mol. The van der Waals surface area contributed by atoms with E-state index >= 15 is 0 Å². The van der Waals surface area contributed by atoms with Gasteiger partial charge in [-0.3, -0.25) is 4.21 Å². The second-order valence-electron chi connectivity index (χ2n) is 2.60. The zero-order chi connectivity index (χ0) is 9.94. The summed E-state index contributed by atoms with van der Waals surface area (Å²) in [5.41, 5.74) is 5.25. The highest BCUT2D eigenvalue weighted by atomic mass is 32.2. The van der Waals surface area contributed by atoms with Crippen LogP contribution in [0, 0.1) is 0 Å². The summed E-state index contributed by atoms with van der Waals surface area (Å²) in [6, 6.07) is 0. The van der Waals surface area contributed by atoms with Gasteiger partial charge in [-0.1, -0.05) is 0 Å². The van der Waals surface area contributed by atoms with Crippen molar-refractivity contribution in [3.05, 3.63) is 0 Å². The van der Waals surface area contributed by atoms with Crippen molar-refractivity contribution in [2.75, 3.05) is 45.0 Å². The van der Waals surface area contributed by atoms with E-state index < -0.39 is 10.8 Å². The van der Waals surface area contributed by atoms with E-state index in [1.54, 1.807) is 7.11 Å². The number of hydrogen-bond acceptors (Lipinski definition) is 4. The fourth-order valence-electron chi connectivity index (χ4n) is 0.793. The maximum absolute atomic E-state index is 11.1. The van der Waals surface area contributed by atoms with Gasteiger partial charge in [-0.2, -0.15) is 0 Å². The lowest BCUT2D eigenvalue weighted by atomic mass is 10.5. The topological polar surface area (TPSA) is 61.5 Å². The van der Waals surface area contributed by atoms with Crippen LogP contribution in [0.1, 0.15) is 6.42 Å². The van der Waals surface area contributed by atoms with Crippen LogP contribution in [0.4, 0.5) is 0 Å². The van der Waals surface area contributed by atoms with E-state index in [2.05, 4.69) is 0 Å². The van der Waals surface area contributed by atoms with Crippen LogP contribution >= 0.6 is 0 Å².